The van der Waals surface area contributed by atoms with Gasteiger partial charge in [0.05, 0.1) is 0 Å². The van der Waals surface area contributed by atoms with E-state index in [-0.39, 0.29) is 6.23 Å². The standard InChI is InChI=1S/C11H24N2O3/c1-9(14)13(10(2)15)8-7-12-6-4-3-5-11(12)16/h9-11,14-16H,3-8H2,1-2H3. The monoisotopic (exact) mass is 232 g/mol. The Morgan fingerprint density at radius 1 is 1.25 bits per heavy atom. The van der Waals surface area contributed by atoms with Gasteiger partial charge in [-0.15, -0.1) is 0 Å². The number of rotatable bonds is 5. The number of hydrogen-bond acceptors (Lipinski definition) is 5. The molecule has 3 unspecified atom stereocenters. The Kier molecular flexibility index (Phi) is 5.64. The van der Waals surface area contributed by atoms with Gasteiger partial charge in [0.15, 0.2) is 0 Å². The minimum Gasteiger partial charge on any atom is -0.379 e. The molecule has 1 rings (SSSR count). The average Bonchev–Trinajstić information content (AvgIpc) is 2.20. The molecule has 0 bridgehead atoms. The van der Waals surface area contributed by atoms with Crippen molar-refractivity contribution in [2.45, 2.75) is 51.8 Å². The largest absolute Gasteiger partial charge is 0.379 e. The summed E-state index contributed by atoms with van der Waals surface area (Å²) >= 11 is 0. The highest BCUT2D eigenvalue weighted by atomic mass is 16.3. The molecule has 3 N–H and O–H groups in total. The number of aliphatic hydroxyl groups is 3. The van der Waals surface area contributed by atoms with Gasteiger partial charge in [-0.2, -0.15) is 0 Å². The third kappa shape index (κ3) is 3.99. The van der Waals surface area contributed by atoms with E-state index in [4.69, 9.17) is 0 Å². The summed E-state index contributed by atoms with van der Waals surface area (Å²) in [6.45, 7) is 5.41. The second kappa shape index (κ2) is 6.51. The number of piperidine rings is 1. The lowest BCUT2D eigenvalue weighted by Gasteiger charge is -2.35. The first-order chi connectivity index (χ1) is 7.52. The molecule has 1 saturated heterocycles. The molecule has 0 aromatic heterocycles. The van der Waals surface area contributed by atoms with Crippen LogP contribution in [0.25, 0.3) is 0 Å². The molecule has 1 fully saturated rings. The smallest absolute Gasteiger partial charge is 0.107 e. The van der Waals surface area contributed by atoms with Gasteiger partial charge in [-0.1, -0.05) is 0 Å². The van der Waals surface area contributed by atoms with Crippen molar-refractivity contribution in [3.05, 3.63) is 0 Å². The fraction of sp³-hybridized carbons (Fsp3) is 1.00. The van der Waals surface area contributed by atoms with E-state index < -0.39 is 12.5 Å². The van der Waals surface area contributed by atoms with Crippen molar-refractivity contribution in [1.82, 2.24) is 9.80 Å². The van der Waals surface area contributed by atoms with Crippen LogP contribution in [0.3, 0.4) is 0 Å². The molecule has 0 aromatic rings. The van der Waals surface area contributed by atoms with Crippen molar-refractivity contribution < 1.29 is 15.3 Å². The summed E-state index contributed by atoms with van der Waals surface area (Å²) in [6, 6.07) is 0. The third-order valence-electron chi connectivity index (χ3n) is 3.18. The van der Waals surface area contributed by atoms with Crippen LogP contribution in [-0.2, 0) is 0 Å². The Balaban J connectivity index is 2.36. The Labute approximate surface area is 97.3 Å². The quantitative estimate of drug-likeness (QED) is 0.571. The van der Waals surface area contributed by atoms with E-state index in [9.17, 15) is 15.3 Å². The molecule has 0 aliphatic carbocycles. The van der Waals surface area contributed by atoms with E-state index in [1.165, 1.54) is 0 Å². The lowest BCUT2D eigenvalue weighted by molar-refractivity contribution is -0.0977. The summed E-state index contributed by atoms with van der Waals surface area (Å²) in [5.74, 6) is 0. The fourth-order valence-electron chi connectivity index (χ4n) is 2.16. The van der Waals surface area contributed by atoms with E-state index >= 15 is 0 Å². The van der Waals surface area contributed by atoms with Crippen LogP contribution in [0.15, 0.2) is 0 Å². The molecule has 16 heavy (non-hydrogen) atoms. The van der Waals surface area contributed by atoms with Gasteiger partial charge in [-0.05, 0) is 33.1 Å². The molecule has 1 aliphatic heterocycles. The SMILES string of the molecule is CC(O)N(CCN1CCCCC1O)C(C)O. The fourth-order valence-corrected chi connectivity index (χ4v) is 2.16. The van der Waals surface area contributed by atoms with Crippen molar-refractivity contribution in [2.75, 3.05) is 19.6 Å². The lowest BCUT2D eigenvalue weighted by Crippen LogP contribution is -2.48. The first-order valence-corrected chi connectivity index (χ1v) is 6.06. The Hall–Kier alpha value is -0.200. The molecular formula is C11H24N2O3. The molecule has 96 valence electrons. The molecule has 0 spiro atoms. The van der Waals surface area contributed by atoms with Gasteiger partial charge < -0.3 is 15.3 Å². The third-order valence-corrected chi connectivity index (χ3v) is 3.18. The minimum atomic E-state index is -0.665. The van der Waals surface area contributed by atoms with Gasteiger partial charge in [0.25, 0.3) is 0 Å². The summed E-state index contributed by atoms with van der Waals surface area (Å²) in [5.41, 5.74) is 0. The zero-order valence-corrected chi connectivity index (χ0v) is 10.2. The molecule has 1 aliphatic rings. The molecule has 3 atom stereocenters. The zero-order chi connectivity index (χ0) is 12.1. The molecule has 0 amide bonds. The van der Waals surface area contributed by atoms with Crippen LogP contribution in [-0.4, -0.2) is 63.4 Å². The first kappa shape index (κ1) is 13.9. The summed E-state index contributed by atoms with van der Waals surface area (Å²) in [7, 11) is 0. The van der Waals surface area contributed by atoms with Crippen LogP contribution in [0.1, 0.15) is 33.1 Å². The van der Waals surface area contributed by atoms with Gasteiger partial charge in [0, 0.05) is 19.6 Å². The molecular weight excluding hydrogens is 208 g/mol. The van der Waals surface area contributed by atoms with Gasteiger partial charge in [0.2, 0.25) is 0 Å². The van der Waals surface area contributed by atoms with Crippen LogP contribution in [0, 0.1) is 0 Å². The van der Waals surface area contributed by atoms with Crippen LogP contribution >= 0.6 is 0 Å². The predicted molar refractivity (Wildman–Crippen MR) is 61.5 cm³/mol. The predicted octanol–water partition coefficient (Wildman–Crippen LogP) is -0.231. The summed E-state index contributed by atoms with van der Waals surface area (Å²) < 4.78 is 0. The second-order valence-electron chi connectivity index (χ2n) is 4.51. The van der Waals surface area contributed by atoms with Crippen molar-refractivity contribution in [3.63, 3.8) is 0 Å². The maximum absolute atomic E-state index is 9.74. The summed E-state index contributed by atoms with van der Waals surface area (Å²) in [6.07, 6.45) is 1.32. The van der Waals surface area contributed by atoms with Crippen molar-refractivity contribution in [1.29, 1.82) is 0 Å². The normalized spacial score (nSPS) is 27.0. The molecule has 0 radical (unpaired) electrons. The van der Waals surface area contributed by atoms with Gasteiger partial charge in [-0.25, -0.2) is 0 Å². The lowest BCUT2D eigenvalue weighted by atomic mass is 10.1. The van der Waals surface area contributed by atoms with Crippen LogP contribution in [0.5, 0.6) is 0 Å². The van der Waals surface area contributed by atoms with E-state index in [0.717, 1.165) is 25.8 Å². The Morgan fingerprint density at radius 2 is 1.88 bits per heavy atom. The van der Waals surface area contributed by atoms with Gasteiger partial charge in [-0.3, -0.25) is 9.80 Å². The second-order valence-corrected chi connectivity index (χ2v) is 4.51. The van der Waals surface area contributed by atoms with E-state index in [1.54, 1.807) is 18.7 Å². The van der Waals surface area contributed by atoms with Gasteiger partial charge >= 0.3 is 0 Å². The number of nitrogens with zero attached hydrogens (tertiary/aromatic N) is 2. The molecule has 0 aromatic carbocycles. The number of hydrogen-bond donors (Lipinski definition) is 3. The molecule has 1 heterocycles. The van der Waals surface area contributed by atoms with E-state index in [0.29, 0.717) is 13.1 Å². The van der Waals surface area contributed by atoms with E-state index in [2.05, 4.69) is 0 Å². The maximum Gasteiger partial charge on any atom is 0.107 e. The van der Waals surface area contributed by atoms with Gasteiger partial charge in [0.1, 0.15) is 18.7 Å². The first-order valence-electron chi connectivity index (χ1n) is 6.06. The van der Waals surface area contributed by atoms with E-state index in [1.807, 2.05) is 4.90 Å². The highest BCUT2D eigenvalue weighted by Gasteiger charge is 2.22. The highest BCUT2D eigenvalue weighted by molar-refractivity contribution is 4.71. The van der Waals surface area contributed by atoms with Crippen molar-refractivity contribution in [3.8, 4) is 0 Å². The van der Waals surface area contributed by atoms with Crippen LogP contribution < -0.4 is 0 Å². The van der Waals surface area contributed by atoms with Crippen molar-refractivity contribution in [2.24, 2.45) is 0 Å². The Bertz CT molecular complexity index is 192. The summed E-state index contributed by atoms with van der Waals surface area (Å²) in [4.78, 5) is 3.60. The molecule has 5 nitrogen and oxygen atoms in total. The number of aliphatic hydroxyl groups excluding tert-OH is 3. The minimum absolute atomic E-state index is 0.362. The summed E-state index contributed by atoms with van der Waals surface area (Å²) in [5, 5.41) is 28.7. The Morgan fingerprint density at radius 3 is 2.38 bits per heavy atom. The number of likely N-dealkylation sites (tertiary alicyclic amines) is 1. The van der Waals surface area contributed by atoms with Crippen LogP contribution in [0.2, 0.25) is 0 Å². The zero-order valence-electron chi connectivity index (χ0n) is 10.2. The molecule has 5 heteroatoms. The molecule has 0 saturated carbocycles. The maximum atomic E-state index is 9.74. The highest BCUT2D eigenvalue weighted by Crippen LogP contribution is 2.14. The topological polar surface area (TPSA) is 67.2 Å². The van der Waals surface area contributed by atoms with Crippen LogP contribution in [0.4, 0.5) is 0 Å². The average molecular weight is 232 g/mol. The van der Waals surface area contributed by atoms with Crippen molar-refractivity contribution >= 4 is 0 Å².